The second kappa shape index (κ2) is 6.30. The number of hydrogen-bond donors (Lipinski definition) is 0. The molecule has 2 aromatic heterocycles. The van der Waals surface area contributed by atoms with Crippen LogP contribution >= 0.6 is 0 Å². The Balaban J connectivity index is 1.65. The number of fused-ring (bicyclic) bond motifs is 2. The fourth-order valence-corrected chi connectivity index (χ4v) is 3.13. The first kappa shape index (κ1) is 16.3. The molecule has 2 heterocycles. The second-order valence-corrected chi connectivity index (χ2v) is 6.65. The van der Waals surface area contributed by atoms with Crippen LogP contribution in [0.2, 0.25) is 0 Å². The van der Waals surface area contributed by atoms with Crippen molar-refractivity contribution in [3.63, 3.8) is 0 Å². The van der Waals surface area contributed by atoms with E-state index in [1.807, 2.05) is 50.2 Å². The standard InChI is InChI=1S/C22H18O4/c1-13-3-7-21-17(9-13)19(23)11-15(25-21)5-6-16-12-20(24)18-10-14(2)4-8-22(18)26-16/h3-4,7-12H,5-6H2,1-2H3. The molecule has 4 rings (SSSR count). The molecule has 26 heavy (non-hydrogen) atoms. The lowest BCUT2D eigenvalue weighted by atomic mass is 10.1. The van der Waals surface area contributed by atoms with E-state index in [9.17, 15) is 9.59 Å². The molecule has 0 aliphatic rings. The molecule has 0 amide bonds. The van der Waals surface area contributed by atoms with Gasteiger partial charge in [-0.15, -0.1) is 0 Å². The SMILES string of the molecule is Cc1ccc2oc(CCc3cc(=O)c4cc(C)ccc4o3)cc(=O)c2c1. The third-order valence-electron chi connectivity index (χ3n) is 4.49. The molecule has 0 unspecified atom stereocenters. The Morgan fingerprint density at radius 3 is 1.50 bits per heavy atom. The average Bonchev–Trinajstić information content (AvgIpc) is 2.61. The summed E-state index contributed by atoms with van der Waals surface area (Å²) in [5.74, 6) is 1.16. The van der Waals surface area contributed by atoms with Crippen molar-refractivity contribution >= 4 is 21.9 Å². The second-order valence-electron chi connectivity index (χ2n) is 6.65. The van der Waals surface area contributed by atoms with E-state index in [2.05, 4.69) is 0 Å². The fourth-order valence-electron chi connectivity index (χ4n) is 3.13. The van der Waals surface area contributed by atoms with Crippen molar-refractivity contribution in [2.24, 2.45) is 0 Å². The highest BCUT2D eigenvalue weighted by molar-refractivity contribution is 5.77. The van der Waals surface area contributed by atoms with Gasteiger partial charge in [0.05, 0.1) is 10.8 Å². The molecule has 4 nitrogen and oxygen atoms in total. The quantitative estimate of drug-likeness (QED) is 0.555. The highest BCUT2D eigenvalue weighted by atomic mass is 16.3. The first-order valence-electron chi connectivity index (χ1n) is 8.56. The smallest absolute Gasteiger partial charge is 0.192 e. The third kappa shape index (κ3) is 3.06. The van der Waals surface area contributed by atoms with Crippen LogP contribution in [0.1, 0.15) is 22.6 Å². The monoisotopic (exact) mass is 346 g/mol. The normalized spacial score (nSPS) is 11.3. The van der Waals surface area contributed by atoms with Gasteiger partial charge in [-0.05, 0) is 38.1 Å². The van der Waals surface area contributed by atoms with Gasteiger partial charge in [0.25, 0.3) is 0 Å². The molecule has 0 radical (unpaired) electrons. The molecule has 0 N–H and O–H groups in total. The average molecular weight is 346 g/mol. The highest BCUT2D eigenvalue weighted by Gasteiger charge is 2.09. The summed E-state index contributed by atoms with van der Waals surface area (Å²) in [6.07, 6.45) is 0.971. The maximum atomic E-state index is 12.3. The van der Waals surface area contributed by atoms with Crippen molar-refractivity contribution in [1.29, 1.82) is 0 Å². The van der Waals surface area contributed by atoms with E-state index < -0.39 is 0 Å². The largest absolute Gasteiger partial charge is 0.461 e. The summed E-state index contributed by atoms with van der Waals surface area (Å²) in [6, 6.07) is 14.2. The predicted molar refractivity (Wildman–Crippen MR) is 102 cm³/mol. The first-order chi connectivity index (χ1) is 12.5. The minimum atomic E-state index is -0.0552. The minimum absolute atomic E-state index is 0.0552. The van der Waals surface area contributed by atoms with Gasteiger partial charge in [-0.25, -0.2) is 0 Å². The fraction of sp³-hybridized carbons (Fsp3) is 0.182. The van der Waals surface area contributed by atoms with Crippen LogP contribution in [0.4, 0.5) is 0 Å². The lowest BCUT2D eigenvalue weighted by molar-refractivity contribution is 0.497. The summed E-state index contributed by atoms with van der Waals surface area (Å²) >= 11 is 0. The Bertz CT molecular complexity index is 1150. The van der Waals surface area contributed by atoms with Crippen LogP contribution in [-0.2, 0) is 12.8 Å². The van der Waals surface area contributed by atoms with Crippen molar-refractivity contribution in [1.82, 2.24) is 0 Å². The van der Waals surface area contributed by atoms with Gasteiger partial charge in [0.15, 0.2) is 10.9 Å². The van der Waals surface area contributed by atoms with Crippen molar-refractivity contribution in [3.8, 4) is 0 Å². The molecule has 0 bridgehead atoms. The Morgan fingerprint density at radius 2 is 1.08 bits per heavy atom. The topological polar surface area (TPSA) is 60.4 Å². The van der Waals surface area contributed by atoms with Crippen molar-refractivity contribution in [3.05, 3.63) is 91.6 Å². The maximum absolute atomic E-state index is 12.3. The molecule has 4 aromatic rings. The zero-order chi connectivity index (χ0) is 18.3. The highest BCUT2D eigenvalue weighted by Crippen LogP contribution is 2.17. The Morgan fingerprint density at radius 1 is 0.654 bits per heavy atom. The van der Waals surface area contributed by atoms with Gasteiger partial charge in [-0.2, -0.15) is 0 Å². The molecular formula is C22H18O4. The molecule has 0 saturated heterocycles. The van der Waals surface area contributed by atoms with Crippen LogP contribution < -0.4 is 10.9 Å². The van der Waals surface area contributed by atoms with Crippen molar-refractivity contribution in [2.75, 3.05) is 0 Å². The van der Waals surface area contributed by atoms with E-state index in [0.29, 0.717) is 46.3 Å². The lowest BCUT2D eigenvalue weighted by Crippen LogP contribution is -2.05. The Hall–Kier alpha value is -3.14. The number of aryl methyl sites for hydroxylation is 4. The molecule has 0 spiro atoms. The Labute approximate surface area is 149 Å². The van der Waals surface area contributed by atoms with Crippen molar-refractivity contribution < 1.29 is 8.83 Å². The van der Waals surface area contributed by atoms with Crippen molar-refractivity contribution in [2.45, 2.75) is 26.7 Å². The zero-order valence-corrected chi connectivity index (χ0v) is 14.7. The van der Waals surface area contributed by atoms with Gasteiger partial charge in [-0.1, -0.05) is 23.3 Å². The predicted octanol–water partition coefficient (Wildman–Crippen LogP) is 4.30. The third-order valence-corrected chi connectivity index (χ3v) is 4.49. The van der Waals surface area contributed by atoms with Crippen LogP contribution in [0.15, 0.2) is 67.0 Å². The summed E-state index contributed by atoms with van der Waals surface area (Å²) in [7, 11) is 0. The van der Waals surface area contributed by atoms with Gasteiger partial charge < -0.3 is 8.83 Å². The van der Waals surface area contributed by atoms with E-state index in [4.69, 9.17) is 8.83 Å². The van der Waals surface area contributed by atoms with Gasteiger partial charge in [0, 0.05) is 25.0 Å². The van der Waals surface area contributed by atoms with Crippen LogP contribution in [0.3, 0.4) is 0 Å². The number of rotatable bonds is 3. The van der Waals surface area contributed by atoms with Gasteiger partial charge in [0.1, 0.15) is 22.7 Å². The number of benzene rings is 2. The van der Waals surface area contributed by atoms with Crippen LogP contribution in [0.5, 0.6) is 0 Å². The van der Waals surface area contributed by atoms with E-state index in [-0.39, 0.29) is 10.9 Å². The van der Waals surface area contributed by atoms with Gasteiger partial charge in [-0.3, -0.25) is 9.59 Å². The summed E-state index contributed by atoms with van der Waals surface area (Å²) in [5.41, 5.74) is 3.08. The molecule has 0 saturated carbocycles. The molecule has 4 heteroatoms. The van der Waals surface area contributed by atoms with E-state index in [1.165, 1.54) is 12.1 Å². The lowest BCUT2D eigenvalue weighted by Gasteiger charge is -2.05. The molecular weight excluding hydrogens is 328 g/mol. The molecule has 2 aromatic carbocycles. The summed E-state index contributed by atoms with van der Waals surface area (Å²) in [6.45, 7) is 3.88. The molecule has 130 valence electrons. The van der Waals surface area contributed by atoms with E-state index in [0.717, 1.165) is 11.1 Å². The molecule has 0 aliphatic carbocycles. The van der Waals surface area contributed by atoms with Crippen LogP contribution in [-0.4, -0.2) is 0 Å². The van der Waals surface area contributed by atoms with Crippen LogP contribution in [0, 0.1) is 13.8 Å². The molecule has 0 aliphatic heterocycles. The summed E-state index contributed by atoms with van der Waals surface area (Å²) in [5, 5.41) is 1.17. The first-order valence-corrected chi connectivity index (χ1v) is 8.56. The maximum Gasteiger partial charge on any atom is 0.192 e. The summed E-state index contributed by atoms with van der Waals surface area (Å²) in [4.78, 5) is 24.6. The number of hydrogen-bond acceptors (Lipinski definition) is 4. The van der Waals surface area contributed by atoms with Gasteiger partial charge in [0.2, 0.25) is 0 Å². The van der Waals surface area contributed by atoms with E-state index in [1.54, 1.807) is 0 Å². The van der Waals surface area contributed by atoms with Crippen LogP contribution in [0.25, 0.3) is 21.9 Å². The van der Waals surface area contributed by atoms with Gasteiger partial charge >= 0.3 is 0 Å². The zero-order valence-electron chi connectivity index (χ0n) is 14.7. The molecule has 0 fully saturated rings. The Kier molecular flexibility index (Phi) is 3.96. The minimum Gasteiger partial charge on any atom is -0.461 e. The van der Waals surface area contributed by atoms with E-state index >= 15 is 0 Å². The summed E-state index contributed by atoms with van der Waals surface area (Å²) < 4.78 is 11.7. The molecule has 0 atom stereocenters.